The van der Waals surface area contributed by atoms with Gasteiger partial charge in [0.2, 0.25) is 0 Å². The van der Waals surface area contributed by atoms with Crippen LogP contribution in [0.2, 0.25) is 0 Å². The first kappa shape index (κ1) is 15.4. The third-order valence-electron chi connectivity index (χ3n) is 3.38. The number of hydrogen-bond donors (Lipinski definition) is 0. The minimum atomic E-state index is -0.337. The van der Waals surface area contributed by atoms with Crippen LogP contribution in [0.1, 0.15) is 17.3 Å². The molecule has 23 heavy (non-hydrogen) atoms. The number of amides is 1. The number of halogens is 1. The van der Waals surface area contributed by atoms with Gasteiger partial charge in [0, 0.05) is 12.6 Å². The molecule has 0 atom stereocenters. The second kappa shape index (κ2) is 6.34. The maximum absolute atomic E-state index is 13.3. The fourth-order valence-electron chi connectivity index (χ4n) is 2.23. The fraction of sp³-hybridized carbons (Fsp3) is 0.176. The Balaban J connectivity index is 1.97. The summed E-state index contributed by atoms with van der Waals surface area (Å²) in [5.74, 6) is 0.0753. The van der Waals surface area contributed by atoms with Crippen LogP contribution >= 0.6 is 11.3 Å². The molecular formula is C17H15FN2O2S. The van der Waals surface area contributed by atoms with Crippen LogP contribution in [0.25, 0.3) is 10.2 Å². The van der Waals surface area contributed by atoms with Gasteiger partial charge < -0.3 is 9.30 Å². The van der Waals surface area contributed by atoms with Crippen molar-refractivity contribution in [1.82, 2.24) is 4.57 Å². The second-order valence-electron chi connectivity index (χ2n) is 4.93. The van der Waals surface area contributed by atoms with Gasteiger partial charge >= 0.3 is 0 Å². The lowest BCUT2D eigenvalue weighted by molar-refractivity contribution is 0.0998. The van der Waals surface area contributed by atoms with Crippen molar-refractivity contribution in [2.24, 2.45) is 12.0 Å². The minimum Gasteiger partial charge on any atom is -0.494 e. The van der Waals surface area contributed by atoms with Crippen molar-refractivity contribution in [3.63, 3.8) is 0 Å². The van der Waals surface area contributed by atoms with Crippen molar-refractivity contribution in [3.05, 3.63) is 58.6 Å². The molecule has 0 unspecified atom stereocenters. The van der Waals surface area contributed by atoms with Gasteiger partial charge in [-0.3, -0.25) is 4.79 Å². The number of nitrogens with zero attached hydrogens (tertiary/aromatic N) is 2. The number of fused-ring (bicyclic) bond motifs is 1. The molecule has 3 aromatic rings. The summed E-state index contributed by atoms with van der Waals surface area (Å²) in [5.41, 5.74) is 1.33. The Morgan fingerprint density at radius 2 is 2.00 bits per heavy atom. The van der Waals surface area contributed by atoms with E-state index in [-0.39, 0.29) is 11.7 Å². The van der Waals surface area contributed by atoms with Crippen LogP contribution in [0.5, 0.6) is 5.75 Å². The highest BCUT2D eigenvalue weighted by Gasteiger charge is 2.08. The van der Waals surface area contributed by atoms with Crippen LogP contribution in [0.15, 0.2) is 47.5 Å². The Kier molecular flexibility index (Phi) is 4.25. The highest BCUT2D eigenvalue weighted by Crippen LogP contribution is 2.18. The van der Waals surface area contributed by atoms with Crippen LogP contribution < -0.4 is 9.54 Å². The summed E-state index contributed by atoms with van der Waals surface area (Å²) in [6.07, 6.45) is 0. The molecule has 1 aromatic heterocycles. The van der Waals surface area contributed by atoms with E-state index in [0.717, 1.165) is 10.2 Å². The molecule has 0 radical (unpaired) electrons. The van der Waals surface area contributed by atoms with Gasteiger partial charge in [-0.05, 0) is 49.4 Å². The molecule has 0 N–H and O–H groups in total. The number of carbonyl (C=O) groups excluding carboxylic acids is 1. The predicted octanol–water partition coefficient (Wildman–Crippen LogP) is 3.52. The van der Waals surface area contributed by atoms with Gasteiger partial charge in [-0.2, -0.15) is 4.99 Å². The Labute approximate surface area is 136 Å². The predicted molar refractivity (Wildman–Crippen MR) is 88.3 cm³/mol. The van der Waals surface area contributed by atoms with Crippen LogP contribution in [0.3, 0.4) is 0 Å². The number of hydrogen-bond acceptors (Lipinski definition) is 3. The Morgan fingerprint density at radius 1 is 1.26 bits per heavy atom. The molecule has 118 valence electrons. The number of aryl methyl sites for hydroxylation is 1. The SMILES string of the molecule is CCOc1ccc(C(=O)N=c2sc3cc(F)ccc3n2C)cc1. The summed E-state index contributed by atoms with van der Waals surface area (Å²) < 4.78 is 21.2. The van der Waals surface area contributed by atoms with Crippen molar-refractivity contribution >= 4 is 27.5 Å². The van der Waals surface area contributed by atoms with E-state index in [4.69, 9.17) is 4.74 Å². The molecule has 0 aliphatic rings. The van der Waals surface area contributed by atoms with Crippen LogP contribution in [0, 0.1) is 5.82 Å². The van der Waals surface area contributed by atoms with Crippen molar-refractivity contribution in [2.75, 3.05) is 6.61 Å². The first-order chi connectivity index (χ1) is 11.1. The third-order valence-corrected chi connectivity index (χ3v) is 4.48. The van der Waals surface area contributed by atoms with E-state index in [9.17, 15) is 9.18 Å². The van der Waals surface area contributed by atoms with E-state index in [2.05, 4.69) is 4.99 Å². The zero-order valence-electron chi connectivity index (χ0n) is 12.7. The lowest BCUT2D eigenvalue weighted by Crippen LogP contribution is -2.13. The smallest absolute Gasteiger partial charge is 0.279 e. The number of carbonyl (C=O) groups is 1. The molecule has 0 bridgehead atoms. The Bertz CT molecular complexity index is 926. The summed E-state index contributed by atoms with van der Waals surface area (Å²) >= 11 is 1.28. The van der Waals surface area contributed by atoms with E-state index in [0.29, 0.717) is 22.7 Å². The molecule has 0 saturated carbocycles. The summed E-state index contributed by atoms with van der Waals surface area (Å²) in [5, 5.41) is 0. The first-order valence-electron chi connectivity index (χ1n) is 7.15. The minimum absolute atomic E-state index is 0.302. The Morgan fingerprint density at radius 3 is 2.70 bits per heavy atom. The summed E-state index contributed by atoms with van der Waals surface area (Å²) in [4.78, 5) is 17.0. The van der Waals surface area contributed by atoms with Crippen molar-refractivity contribution in [3.8, 4) is 5.75 Å². The fourth-order valence-corrected chi connectivity index (χ4v) is 3.27. The van der Waals surface area contributed by atoms with E-state index < -0.39 is 0 Å². The largest absolute Gasteiger partial charge is 0.494 e. The van der Waals surface area contributed by atoms with Crippen LogP contribution in [-0.4, -0.2) is 17.1 Å². The molecular weight excluding hydrogens is 315 g/mol. The van der Waals surface area contributed by atoms with Crippen molar-refractivity contribution in [1.29, 1.82) is 0 Å². The molecule has 4 nitrogen and oxygen atoms in total. The maximum atomic E-state index is 13.3. The van der Waals surface area contributed by atoms with Crippen molar-refractivity contribution in [2.45, 2.75) is 6.92 Å². The molecule has 2 aromatic carbocycles. The van der Waals surface area contributed by atoms with Crippen molar-refractivity contribution < 1.29 is 13.9 Å². The lowest BCUT2D eigenvalue weighted by atomic mass is 10.2. The van der Waals surface area contributed by atoms with Gasteiger partial charge in [0.05, 0.1) is 16.8 Å². The summed E-state index contributed by atoms with van der Waals surface area (Å²) in [6, 6.07) is 11.4. The lowest BCUT2D eigenvalue weighted by Gasteiger charge is -2.02. The highest BCUT2D eigenvalue weighted by atomic mass is 32.1. The third kappa shape index (κ3) is 3.17. The molecule has 0 spiro atoms. The normalized spacial score (nSPS) is 11.9. The van der Waals surface area contributed by atoms with Gasteiger partial charge in [-0.25, -0.2) is 4.39 Å². The molecule has 1 heterocycles. The molecule has 1 amide bonds. The Hall–Kier alpha value is -2.47. The summed E-state index contributed by atoms with van der Waals surface area (Å²) in [6.45, 7) is 2.48. The van der Waals surface area contributed by atoms with Gasteiger partial charge in [0.15, 0.2) is 4.80 Å². The first-order valence-corrected chi connectivity index (χ1v) is 7.97. The molecule has 3 rings (SSSR count). The molecule has 0 fully saturated rings. The number of aromatic nitrogens is 1. The number of ether oxygens (including phenoxy) is 1. The van der Waals surface area contributed by atoms with Gasteiger partial charge in [0.25, 0.3) is 5.91 Å². The number of rotatable bonds is 3. The monoisotopic (exact) mass is 330 g/mol. The van der Waals surface area contributed by atoms with E-state index in [1.54, 1.807) is 41.9 Å². The van der Waals surface area contributed by atoms with E-state index in [1.165, 1.54) is 23.5 Å². The van der Waals surface area contributed by atoms with E-state index in [1.807, 2.05) is 6.92 Å². The maximum Gasteiger partial charge on any atom is 0.279 e. The molecule has 0 aliphatic heterocycles. The second-order valence-corrected chi connectivity index (χ2v) is 5.94. The average molecular weight is 330 g/mol. The molecule has 0 aliphatic carbocycles. The standard InChI is InChI=1S/C17H15FN2O2S/c1-3-22-13-7-4-11(5-8-13)16(21)19-17-20(2)14-9-6-12(18)10-15(14)23-17/h4-10H,3H2,1-2H3. The topological polar surface area (TPSA) is 43.6 Å². The zero-order chi connectivity index (χ0) is 16.4. The van der Waals surface area contributed by atoms with Crippen LogP contribution in [-0.2, 0) is 7.05 Å². The van der Waals surface area contributed by atoms with Gasteiger partial charge in [0.1, 0.15) is 11.6 Å². The van der Waals surface area contributed by atoms with Crippen LogP contribution in [0.4, 0.5) is 4.39 Å². The zero-order valence-corrected chi connectivity index (χ0v) is 13.6. The average Bonchev–Trinajstić information content (AvgIpc) is 2.83. The molecule has 0 saturated heterocycles. The molecule has 6 heteroatoms. The summed E-state index contributed by atoms with van der Waals surface area (Å²) in [7, 11) is 1.81. The highest BCUT2D eigenvalue weighted by molar-refractivity contribution is 7.16. The van der Waals surface area contributed by atoms with Gasteiger partial charge in [-0.1, -0.05) is 11.3 Å². The number of thiazole rings is 1. The number of benzene rings is 2. The van der Waals surface area contributed by atoms with Gasteiger partial charge in [-0.15, -0.1) is 0 Å². The quantitative estimate of drug-likeness (QED) is 0.737. The van der Waals surface area contributed by atoms with E-state index >= 15 is 0 Å².